The quantitative estimate of drug-likeness (QED) is 0.0828. The first kappa shape index (κ1) is 120. The Labute approximate surface area is 675 Å². The molecule has 0 aliphatic carbocycles. The van der Waals surface area contributed by atoms with Crippen LogP contribution in [0.5, 0.6) is 0 Å². The molecule has 6 rings (SSSR count). The van der Waals surface area contributed by atoms with E-state index in [4.69, 9.17) is 29.8 Å². The second-order valence-corrected chi connectivity index (χ2v) is 53.3. The summed E-state index contributed by atoms with van der Waals surface area (Å²) < 4.78 is 128. The van der Waals surface area contributed by atoms with Crippen LogP contribution >= 0.6 is 63.7 Å². The van der Waals surface area contributed by atoms with Gasteiger partial charge in [-0.2, -0.15) is 0 Å². The second-order valence-electron chi connectivity index (χ2n) is 29.9. The molecule has 104 heavy (non-hydrogen) atoms. The van der Waals surface area contributed by atoms with Crippen LogP contribution in [0.2, 0.25) is 0 Å². The third-order valence-electron chi connectivity index (χ3n) is 13.9. The van der Waals surface area contributed by atoms with Crippen molar-refractivity contribution in [3.05, 3.63) is 136 Å². The molecule has 2 saturated heterocycles. The molecule has 2 fully saturated rings. The van der Waals surface area contributed by atoms with E-state index in [1.54, 1.807) is 0 Å². The van der Waals surface area contributed by atoms with Crippen LogP contribution in [0.3, 0.4) is 0 Å². The minimum absolute atomic E-state index is 0. The van der Waals surface area contributed by atoms with Crippen LogP contribution in [0.25, 0.3) is 20.3 Å². The van der Waals surface area contributed by atoms with Gasteiger partial charge < -0.3 is 29.8 Å². The van der Waals surface area contributed by atoms with Crippen molar-refractivity contribution in [1.82, 2.24) is 0 Å². The molecule has 6 nitrogen and oxygen atoms in total. The van der Waals surface area contributed by atoms with Gasteiger partial charge in [-0.1, -0.05) is 148 Å². The van der Waals surface area contributed by atoms with E-state index in [1.807, 2.05) is 0 Å². The molecule has 2 heterocycles. The Morgan fingerprint density at radius 3 is 0.433 bits per heavy atom. The van der Waals surface area contributed by atoms with Crippen molar-refractivity contribution in [3.63, 3.8) is 0 Å². The molecule has 0 amide bonds. The largest absolute Gasteiger partial charge is 2.00 e. The van der Waals surface area contributed by atoms with Gasteiger partial charge in [-0.3, -0.25) is 0 Å². The van der Waals surface area contributed by atoms with Crippen LogP contribution in [0.1, 0.15) is 203 Å². The van der Waals surface area contributed by atoms with E-state index in [0.717, 1.165) is 26.4 Å². The van der Waals surface area contributed by atoms with Crippen LogP contribution in [-0.4, -0.2) is 112 Å². The van der Waals surface area contributed by atoms with Crippen molar-refractivity contribution < 1.29 is 127 Å². The summed E-state index contributed by atoms with van der Waals surface area (Å²) in [6.07, 6.45) is 5.11. The topological polar surface area (TPSA) is 74.9 Å². The fourth-order valence-corrected chi connectivity index (χ4v) is 20.5. The molecule has 30 heteroatoms. The van der Waals surface area contributed by atoms with Crippen molar-refractivity contribution in [2.75, 3.05) is 66.4 Å². The van der Waals surface area contributed by atoms with Gasteiger partial charge in [0.2, 0.25) is 0 Å². The van der Waals surface area contributed by atoms with Crippen LogP contribution < -0.4 is 0 Å². The Kier molecular flexibility index (Phi) is 62.1. The van der Waals surface area contributed by atoms with Gasteiger partial charge in [0, 0.05) is 100.0 Å². The van der Waals surface area contributed by atoms with Gasteiger partial charge >= 0.3 is 99.5 Å². The fraction of sp³-hybridized carbons (Fsp3) is 0.676. The van der Waals surface area contributed by atoms with Crippen molar-refractivity contribution in [3.8, 4) is 0 Å². The molecule has 2 aliphatic heterocycles. The van der Waals surface area contributed by atoms with Crippen molar-refractivity contribution in [2.45, 2.75) is 265 Å². The third-order valence-corrected chi connectivity index (χ3v) is 25.3. The van der Waals surface area contributed by atoms with E-state index in [0.29, 0.717) is 45.3 Å². The molecule has 0 saturated carbocycles. The predicted molar refractivity (Wildman–Crippen MR) is 448 cm³/mol. The molecule has 0 N–H and O–H groups in total. The Balaban J connectivity index is -0.000000171. The van der Waals surface area contributed by atoms with Gasteiger partial charge in [0.15, 0.2) is 0 Å². The number of rotatable bonds is 16. The van der Waals surface area contributed by atoms with Crippen molar-refractivity contribution in [1.29, 1.82) is 0 Å². The molecule has 0 atom stereocenters. The Bertz CT molecular complexity index is 2440. The van der Waals surface area contributed by atoms with Crippen LogP contribution in [0.4, 0.5) is 73.1 Å². The molecule has 4 aromatic rings. The second kappa shape index (κ2) is 53.7. The van der Waals surface area contributed by atoms with Gasteiger partial charge in [-0.25, -0.2) is 0 Å². The Hall–Kier alpha value is 0.626. The minimum atomic E-state index is -10.7. The normalized spacial score (nSPS) is 13.7. The number of nitrogens with zero attached hydrogens (tertiary/aromatic N) is 4. The predicted octanol–water partition coefficient (Wildman–Crippen LogP) is 32.8. The maximum Gasteiger partial charge on any atom is 2.00 e. The van der Waals surface area contributed by atoms with E-state index >= 15 is 0 Å². The smallest absolute Gasteiger partial charge is 0 e. The summed E-state index contributed by atoms with van der Waals surface area (Å²) in [5.74, 6) is 0. The summed E-state index contributed by atoms with van der Waals surface area (Å²) >= 11 is 0. The van der Waals surface area contributed by atoms with Gasteiger partial charge in [-0.15, -0.1) is 22.7 Å². The van der Waals surface area contributed by atoms with Gasteiger partial charge in [0.1, 0.15) is 0 Å². The first-order chi connectivity index (χ1) is 44.7. The summed E-state index contributed by atoms with van der Waals surface area (Å²) in [7, 11) is -23.7. The number of hydrogen-bond acceptors (Lipinski definition) is 2. The van der Waals surface area contributed by atoms with Crippen molar-refractivity contribution >= 4 is 86.5 Å². The van der Waals surface area contributed by atoms with Crippen LogP contribution in [0, 0.1) is 83.1 Å². The zero-order chi connectivity index (χ0) is 79.7. The summed E-state index contributed by atoms with van der Waals surface area (Å²) in [5, 5.41) is 20.4. The maximum absolute atomic E-state index is 10.7. The monoisotopic (exact) mass is 1830 g/mol. The number of ether oxygens (including phenoxy) is 2. The van der Waals surface area contributed by atoms with Gasteiger partial charge in [-0.05, 0) is 235 Å². The molecular weight excluding hydrogens is 1690 g/mol. The SMILES string of the molecule is C1CCOC1.C1CCOC1.C[PH+](C)C.C[PH+](C)C.Cc1cc(C)c([N-][PH+](C(C)C)C(C)C)c(C)c1.Cc1cc(C)c([N-][PH+](C(C)C)C(C)C)c(C)c1.Cc1cc(C)c([N-][PH+](C(C)C)C(C)C)c(C)c1.Cc1cc(C)c([N-][PH+](C(C)C)C(C)C)c(C)c1.F[P-](F)(F)(F)(F)F.F[P-](F)(F)(F)(F)F.[Co+2].[Co+2].[Co].[Co]. The fourth-order valence-electron chi connectivity index (χ4n) is 10.6. The van der Waals surface area contributed by atoms with Crippen molar-refractivity contribution in [2.24, 2.45) is 0 Å². The van der Waals surface area contributed by atoms with E-state index in [9.17, 15) is 50.4 Å². The van der Waals surface area contributed by atoms with Crippen LogP contribution in [0.15, 0.2) is 48.5 Å². The van der Waals surface area contributed by atoms with E-state index in [2.05, 4.69) is 282 Å². The van der Waals surface area contributed by atoms with Gasteiger partial charge in [0.05, 0.1) is 45.3 Å². The molecule has 4 radical (unpaired) electrons. The maximum atomic E-state index is 9.87. The van der Waals surface area contributed by atoms with E-state index < -0.39 is 47.9 Å². The zero-order valence-electron chi connectivity index (χ0n) is 69.3. The molecule has 0 spiro atoms. The molecule has 0 bridgehead atoms. The molecule has 624 valence electrons. The molecule has 0 unspecified atom stereocenters. The summed E-state index contributed by atoms with van der Waals surface area (Å²) in [5.41, 5.74) is 26.5. The first-order valence-corrected chi connectivity index (χ1v) is 51.6. The average molecular weight is 1830 g/mol. The Morgan fingerprint density at radius 1 is 0.269 bits per heavy atom. The molecule has 4 aromatic carbocycles. The van der Waals surface area contributed by atoms with Crippen LogP contribution in [-0.2, 0) is 76.6 Å². The van der Waals surface area contributed by atoms with Gasteiger partial charge in [0.25, 0.3) is 0 Å². The standard InChI is InChI=1S/4C15H26NP.2C4H8O.2C3H9P.4Co.2F6P/c4*1-10(2)17(11(3)4)16-15-13(6)8-12(5)9-14(15)7;2*1-2-4-5-3-1;2*1-4(2)3;;;;;2*1-7(2,3,4,5)6/h4*8-11,17H,1-7H3;2*1-4H2;2*1-3H3;;;;;;/q;;;;;;;;;;2*+2;2*-1/p+2. The summed E-state index contributed by atoms with van der Waals surface area (Å²) in [6.45, 7) is 80.5. The summed E-state index contributed by atoms with van der Waals surface area (Å²) in [6, 6.07) is 17.9. The van der Waals surface area contributed by atoms with E-state index in [-0.39, 0.29) is 83.0 Å². The first-order valence-electron chi connectivity index (χ1n) is 35.1. The number of hydrogen-bond donors (Lipinski definition) is 0. The minimum Gasteiger partial charge on any atom is 0 e. The third kappa shape index (κ3) is 70.5. The number of benzene rings is 4. The Morgan fingerprint density at radius 2 is 0.365 bits per heavy atom. The number of halogens is 12. The molecular formula is C74H140Co4F12N4O2P8+4. The average Bonchev–Trinajstić information content (AvgIpc) is 0.811. The number of aryl methyl sites for hydroxylation is 12. The molecule has 2 aliphatic rings. The van der Waals surface area contributed by atoms with E-state index in [1.165, 1.54) is 115 Å². The summed E-state index contributed by atoms with van der Waals surface area (Å²) in [4.78, 5) is 0. The molecule has 0 aromatic heterocycles. The zero-order valence-corrected chi connectivity index (χ0v) is 81.2.